The molecule has 0 aliphatic carbocycles. The topological polar surface area (TPSA) is 66.8 Å². The minimum Gasteiger partial charge on any atom is -0.507 e. The van der Waals surface area contributed by atoms with Gasteiger partial charge in [0.05, 0.1) is 6.42 Å². The van der Waals surface area contributed by atoms with Crippen LogP contribution in [0.25, 0.3) is 0 Å². The van der Waals surface area contributed by atoms with Crippen LogP contribution in [0.4, 0.5) is 0 Å². The van der Waals surface area contributed by atoms with E-state index in [4.69, 9.17) is 9.84 Å². The quantitative estimate of drug-likeness (QED) is 0.800. The van der Waals surface area contributed by atoms with Crippen molar-refractivity contribution >= 4 is 5.97 Å². The van der Waals surface area contributed by atoms with E-state index < -0.39 is 5.97 Å². The van der Waals surface area contributed by atoms with Gasteiger partial charge in [0.25, 0.3) is 0 Å². The molecular weight excluding hydrogens is 208 g/mol. The predicted octanol–water partition coefficient (Wildman–Crippen LogP) is 1.79. The molecule has 0 fully saturated rings. The number of rotatable bonds is 2. The van der Waals surface area contributed by atoms with E-state index in [1.807, 2.05) is 6.92 Å². The van der Waals surface area contributed by atoms with Gasteiger partial charge in [-0.25, -0.2) is 0 Å². The zero-order valence-electron chi connectivity index (χ0n) is 9.28. The molecule has 86 valence electrons. The Kier molecular flexibility index (Phi) is 2.50. The van der Waals surface area contributed by atoms with E-state index >= 15 is 0 Å². The van der Waals surface area contributed by atoms with Gasteiger partial charge in [-0.1, -0.05) is 0 Å². The van der Waals surface area contributed by atoms with Gasteiger partial charge in [0, 0.05) is 12.0 Å². The van der Waals surface area contributed by atoms with Crippen molar-refractivity contribution in [2.24, 2.45) is 0 Å². The van der Waals surface area contributed by atoms with Crippen LogP contribution in [-0.4, -0.2) is 22.3 Å². The van der Waals surface area contributed by atoms with Crippen molar-refractivity contribution in [3.63, 3.8) is 0 Å². The van der Waals surface area contributed by atoms with Gasteiger partial charge in [-0.05, 0) is 31.0 Å². The van der Waals surface area contributed by atoms with Crippen molar-refractivity contribution in [1.29, 1.82) is 0 Å². The second-order valence-electron chi connectivity index (χ2n) is 4.19. The molecule has 2 rings (SSSR count). The van der Waals surface area contributed by atoms with E-state index in [-0.39, 0.29) is 18.3 Å². The summed E-state index contributed by atoms with van der Waals surface area (Å²) in [5.74, 6) is 0.119. The smallest absolute Gasteiger partial charge is 0.307 e. The lowest BCUT2D eigenvalue weighted by Gasteiger charge is -2.08. The molecule has 16 heavy (non-hydrogen) atoms. The summed E-state index contributed by atoms with van der Waals surface area (Å²) in [7, 11) is 0. The van der Waals surface area contributed by atoms with E-state index in [0.29, 0.717) is 12.2 Å². The molecule has 4 nitrogen and oxygen atoms in total. The fourth-order valence-electron chi connectivity index (χ4n) is 2.09. The van der Waals surface area contributed by atoms with Crippen LogP contribution in [-0.2, 0) is 11.2 Å². The van der Waals surface area contributed by atoms with Gasteiger partial charge in [0.1, 0.15) is 17.6 Å². The molecule has 1 atom stereocenters. The SMILES string of the molecule is Cc1cc2c(c(C)c1O)CC(CC(=O)O)O2. The average molecular weight is 222 g/mol. The predicted molar refractivity (Wildman–Crippen MR) is 58.0 cm³/mol. The van der Waals surface area contributed by atoms with Crippen molar-refractivity contribution in [3.05, 3.63) is 22.8 Å². The molecule has 0 amide bonds. The molecule has 0 bridgehead atoms. The highest BCUT2D eigenvalue weighted by atomic mass is 16.5. The first kappa shape index (κ1) is 10.8. The third-order valence-corrected chi connectivity index (χ3v) is 2.95. The van der Waals surface area contributed by atoms with Crippen molar-refractivity contribution < 1.29 is 19.7 Å². The summed E-state index contributed by atoms with van der Waals surface area (Å²) >= 11 is 0. The molecule has 4 heteroatoms. The number of fused-ring (bicyclic) bond motifs is 1. The molecule has 1 aromatic carbocycles. The summed E-state index contributed by atoms with van der Waals surface area (Å²) in [4.78, 5) is 10.6. The zero-order valence-corrected chi connectivity index (χ0v) is 9.28. The van der Waals surface area contributed by atoms with Crippen molar-refractivity contribution in [1.82, 2.24) is 0 Å². The molecule has 0 saturated heterocycles. The number of phenolic OH excluding ortho intramolecular Hbond substituents is 1. The van der Waals surface area contributed by atoms with Gasteiger partial charge in [-0.3, -0.25) is 4.79 Å². The second kappa shape index (κ2) is 3.70. The second-order valence-corrected chi connectivity index (χ2v) is 4.19. The molecule has 0 aromatic heterocycles. The van der Waals surface area contributed by atoms with E-state index in [9.17, 15) is 9.90 Å². The van der Waals surface area contributed by atoms with Crippen LogP contribution >= 0.6 is 0 Å². The Hall–Kier alpha value is -1.71. The summed E-state index contributed by atoms with van der Waals surface area (Å²) in [6, 6.07) is 1.76. The number of carboxylic acids is 1. The molecular formula is C12H14O4. The standard InChI is InChI=1S/C12H14O4/c1-6-3-10-9(7(2)12(6)15)4-8(16-10)5-11(13)14/h3,8,15H,4-5H2,1-2H3,(H,13,14). The zero-order chi connectivity index (χ0) is 11.9. The maximum atomic E-state index is 10.6. The molecule has 0 saturated carbocycles. The minimum absolute atomic E-state index is 0.00602. The molecule has 2 N–H and O–H groups in total. The van der Waals surface area contributed by atoms with Gasteiger partial charge >= 0.3 is 5.97 Å². The summed E-state index contributed by atoms with van der Waals surface area (Å²) in [6.45, 7) is 3.63. The first-order valence-corrected chi connectivity index (χ1v) is 5.19. The van der Waals surface area contributed by atoms with Crippen LogP contribution in [0.5, 0.6) is 11.5 Å². The van der Waals surface area contributed by atoms with E-state index in [0.717, 1.165) is 16.7 Å². The number of aryl methyl sites for hydroxylation is 1. The molecule has 1 heterocycles. The first-order chi connectivity index (χ1) is 7.49. The number of carboxylic acid groups (broad SMARTS) is 1. The minimum atomic E-state index is -0.864. The number of aromatic hydroxyl groups is 1. The Labute approximate surface area is 93.5 Å². The largest absolute Gasteiger partial charge is 0.507 e. The van der Waals surface area contributed by atoms with Gasteiger partial charge in [-0.2, -0.15) is 0 Å². The lowest BCUT2D eigenvalue weighted by Crippen LogP contribution is -2.17. The summed E-state index contributed by atoms with van der Waals surface area (Å²) in [6.07, 6.45) is 0.238. The van der Waals surface area contributed by atoms with Gasteiger partial charge in [-0.15, -0.1) is 0 Å². The normalized spacial score (nSPS) is 18.0. The van der Waals surface area contributed by atoms with Crippen molar-refractivity contribution in [2.75, 3.05) is 0 Å². The Morgan fingerprint density at radius 3 is 2.88 bits per heavy atom. The highest BCUT2D eigenvalue weighted by Gasteiger charge is 2.28. The average Bonchev–Trinajstić information content (AvgIpc) is 2.56. The third kappa shape index (κ3) is 1.71. The molecule has 1 unspecified atom stereocenters. The fourth-order valence-corrected chi connectivity index (χ4v) is 2.09. The molecule has 1 aromatic rings. The van der Waals surface area contributed by atoms with E-state index in [1.54, 1.807) is 13.0 Å². The number of carbonyl (C=O) groups is 1. The van der Waals surface area contributed by atoms with Crippen molar-refractivity contribution in [3.8, 4) is 11.5 Å². The Balaban J connectivity index is 2.31. The molecule has 0 spiro atoms. The summed E-state index contributed by atoms with van der Waals surface area (Å²) < 4.78 is 5.54. The Morgan fingerprint density at radius 1 is 1.56 bits per heavy atom. The lowest BCUT2D eigenvalue weighted by atomic mass is 9.99. The molecule has 1 aliphatic rings. The first-order valence-electron chi connectivity index (χ1n) is 5.19. The number of hydrogen-bond acceptors (Lipinski definition) is 3. The van der Waals surface area contributed by atoms with Crippen LogP contribution in [0.15, 0.2) is 6.07 Å². The lowest BCUT2D eigenvalue weighted by molar-refractivity contribution is -0.138. The van der Waals surface area contributed by atoms with E-state index in [1.165, 1.54) is 0 Å². The maximum absolute atomic E-state index is 10.6. The number of benzene rings is 1. The van der Waals surface area contributed by atoms with Crippen LogP contribution in [0.3, 0.4) is 0 Å². The van der Waals surface area contributed by atoms with Crippen LogP contribution in [0.2, 0.25) is 0 Å². The van der Waals surface area contributed by atoms with Crippen LogP contribution in [0, 0.1) is 13.8 Å². The Bertz CT molecular complexity index is 451. The third-order valence-electron chi connectivity index (χ3n) is 2.95. The highest BCUT2D eigenvalue weighted by Crippen LogP contribution is 2.38. The molecule has 0 radical (unpaired) electrons. The monoisotopic (exact) mass is 222 g/mol. The summed E-state index contributed by atoms with van der Waals surface area (Å²) in [5, 5.41) is 18.5. The summed E-state index contributed by atoms with van der Waals surface area (Å²) in [5.41, 5.74) is 2.48. The number of ether oxygens (including phenoxy) is 1. The van der Waals surface area contributed by atoms with E-state index in [2.05, 4.69) is 0 Å². The Morgan fingerprint density at radius 2 is 2.25 bits per heavy atom. The van der Waals surface area contributed by atoms with Crippen molar-refractivity contribution in [2.45, 2.75) is 32.8 Å². The van der Waals surface area contributed by atoms with Gasteiger partial charge in [0.2, 0.25) is 0 Å². The molecule has 1 aliphatic heterocycles. The van der Waals surface area contributed by atoms with Crippen LogP contribution in [0.1, 0.15) is 23.1 Å². The highest BCUT2D eigenvalue weighted by molar-refractivity contribution is 5.68. The number of aliphatic carboxylic acids is 1. The van der Waals surface area contributed by atoms with Gasteiger partial charge < -0.3 is 14.9 Å². The number of phenols is 1. The number of hydrogen-bond donors (Lipinski definition) is 2. The van der Waals surface area contributed by atoms with Gasteiger partial charge in [0.15, 0.2) is 0 Å². The maximum Gasteiger partial charge on any atom is 0.307 e. The van der Waals surface area contributed by atoms with Crippen LogP contribution < -0.4 is 4.74 Å². The fraction of sp³-hybridized carbons (Fsp3) is 0.417.